The summed E-state index contributed by atoms with van der Waals surface area (Å²) in [6.45, 7) is 4.27. The van der Waals surface area contributed by atoms with Crippen molar-refractivity contribution in [2.24, 2.45) is 0 Å². The molecule has 0 heterocycles. The average molecular weight is 422 g/mol. The molecule has 0 amide bonds. The van der Waals surface area contributed by atoms with E-state index in [9.17, 15) is 0 Å². The normalized spacial score (nSPS) is 12.7. The van der Waals surface area contributed by atoms with Crippen LogP contribution in [0, 0.1) is 0 Å². The van der Waals surface area contributed by atoms with Crippen LogP contribution in [0.1, 0.15) is 90.4 Å². The summed E-state index contributed by atoms with van der Waals surface area (Å²) >= 11 is 3.80. The summed E-state index contributed by atoms with van der Waals surface area (Å²) < 4.78 is 6.71. The summed E-state index contributed by atoms with van der Waals surface area (Å²) in [4.78, 5) is 0. The zero-order valence-electron chi connectivity index (χ0n) is 14.5. The molecule has 0 saturated heterocycles. The zero-order chi connectivity index (χ0) is 15.6. The van der Waals surface area contributed by atoms with Crippen molar-refractivity contribution >= 4 is 33.7 Å². The van der Waals surface area contributed by atoms with E-state index in [4.69, 9.17) is 4.74 Å². The Bertz CT molecular complexity index is 188. The van der Waals surface area contributed by atoms with Gasteiger partial charge in [-0.3, -0.25) is 0 Å². The molecule has 0 fully saturated rings. The molecule has 0 aliphatic heterocycles. The standard InChI is InChI=1S/C18H40As2O/c1-2-3-4-5-6-7-8-9-10-11-16-21-17-12-13-18(20)14-15-19/h18H,2-17,19-20H2,1H3. The summed E-state index contributed by atoms with van der Waals surface area (Å²) in [7, 11) is 0. The van der Waals surface area contributed by atoms with Gasteiger partial charge in [-0.25, -0.2) is 0 Å². The quantitative estimate of drug-likeness (QED) is 0.247. The fourth-order valence-electron chi connectivity index (χ4n) is 2.60. The van der Waals surface area contributed by atoms with Crippen LogP contribution in [-0.4, -0.2) is 46.9 Å². The summed E-state index contributed by atoms with van der Waals surface area (Å²) in [5.41, 5.74) is 0. The fraction of sp³-hybridized carbons (Fsp3) is 1.00. The van der Waals surface area contributed by atoms with Gasteiger partial charge in [0, 0.05) is 0 Å². The Labute approximate surface area is 151 Å². The molecule has 3 heteroatoms. The van der Waals surface area contributed by atoms with Crippen LogP contribution in [0.3, 0.4) is 0 Å². The number of hydrogen-bond donors (Lipinski definition) is 0. The maximum absolute atomic E-state index is 5.75. The molecule has 0 rings (SSSR count). The third kappa shape index (κ3) is 19.0. The van der Waals surface area contributed by atoms with Crippen LogP contribution in [0.2, 0.25) is 9.91 Å². The molecule has 0 bridgehead atoms. The first kappa shape index (κ1) is 22.1. The van der Waals surface area contributed by atoms with Crippen molar-refractivity contribution in [3.63, 3.8) is 0 Å². The summed E-state index contributed by atoms with van der Waals surface area (Å²) in [6.07, 6.45) is 18.2. The van der Waals surface area contributed by atoms with E-state index in [1.807, 2.05) is 33.7 Å². The van der Waals surface area contributed by atoms with Gasteiger partial charge in [-0.2, -0.15) is 0 Å². The number of unbranched alkanes of at least 4 members (excludes halogenated alkanes) is 9. The SMILES string of the molecule is CCCCCCCCCCCCOCCCC([AsH2])CC[AsH2]. The third-order valence-corrected chi connectivity index (χ3v) is 6.14. The molecular formula is C18H40As2O. The van der Waals surface area contributed by atoms with Gasteiger partial charge in [0.25, 0.3) is 0 Å². The van der Waals surface area contributed by atoms with E-state index in [1.54, 1.807) is 0 Å². The van der Waals surface area contributed by atoms with Crippen LogP contribution < -0.4 is 0 Å². The van der Waals surface area contributed by atoms with E-state index >= 15 is 0 Å². The Morgan fingerprint density at radius 2 is 1.24 bits per heavy atom. The van der Waals surface area contributed by atoms with E-state index < -0.39 is 0 Å². The van der Waals surface area contributed by atoms with Crippen molar-refractivity contribution in [3.8, 4) is 0 Å². The Kier molecular flexibility index (Phi) is 20.1. The van der Waals surface area contributed by atoms with Crippen LogP contribution in [0.4, 0.5) is 0 Å². The van der Waals surface area contributed by atoms with E-state index in [-0.39, 0.29) is 0 Å². The number of hydrogen-bond acceptors (Lipinski definition) is 1. The van der Waals surface area contributed by atoms with Crippen LogP contribution in [0.15, 0.2) is 0 Å². The predicted octanol–water partition coefficient (Wildman–Crippen LogP) is 4.57. The van der Waals surface area contributed by atoms with Crippen molar-refractivity contribution in [2.75, 3.05) is 13.2 Å². The van der Waals surface area contributed by atoms with Gasteiger partial charge in [0.2, 0.25) is 0 Å². The number of ether oxygens (including phenoxy) is 1. The Morgan fingerprint density at radius 3 is 1.81 bits per heavy atom. The Hall–Kier alpha value is 1.08. The van der Waals surface area contributed by atoms with Gasteiger partial charge < -0.3 is 0 Å². The second-order valence-corrected chi connectivity index (χ2v) is 9.46. The first-order chi connectivity index (χ1) is 10.3. The number of rotatable bonds is 17. The molecular weight excluding hydrogens is 382 g/mol. The topological polar surface area (TPSA) is 9.23 Å². The van der Waals surface area contributed by atoms with Gasteiger partial charge in [0.15, 0.2) is 0 Å². The minimum atomic E-state index is 0.963. The molecule has 1 nitrogen and oxygen atoms in total. The average Bonchev–Trinajstić information content (AvgIpc) is 2.48. The van der Waals surface area contributed by atoms with E-state index in [0.29, 0.717) is 0 Å². The van der Waals surface area contributed by atoms with Gasteiger partial charge in [-0.1, -0.05) is 32.6 Å². The molecule has 0 N–H and O–H groups in total. The van der Waals surface area contributed by atoms with Crippen molar-refractivity contribution < 1.29 is 4.74 Å². The molecule has 0 aromatic heterocycles. The third-order valence-electron chi connectivity index (χ3n) is 4.04. The molecule has 3 unspecified atom stereocenters. The Balaban J connectivity index is 2.99. The molecule has 21 heavy (non-hydrogen) atoms. The molecule has 0 radical (unpaired) electrons. The van der Waals surface area contributed by atoms with Crippen molar-refractivity contribution in [1.82, 2.24) is 0 Å². The minimum absolute atomic E-state index is 0.963. The molecule has 0 saturated carbocycles. The summed E-state index contributed by atoms with van der Waals surface area (Å²) in [5.74, 6) is 0. The fourth-order valence-corrected chi connectivity index (χ4v) is 6.09. The van der Waals surface area contributed by atoms with Gasteiger partial charge in [-0.15, -0.1) is 0 Å². The van der Waals surface area contributed by atoms with Crippen LogP contribution >= 0.6 is 0 Å². The van der Waals surface area contributed by atoms with Gasteiger partial charge >= 0.3 is 119 Å². The second kappa shape index (κ2) is 19.1. The molecule has 128 valence electrons. The maximum atomic E-state index is 5.75. The van der Waals surface area contributed by atoms with Gasteiger partial charge in [0.05, 0.1) is 0 Å². The van der Waals surface area contributed by atoms with Crippen LogP contribution in [0.5, 0.6) is 0 Å². The van der Waals surface area contributed by atoms with Crippen molar-refractivity contribution in [2.45, 2.75) is 100 Å². The second-order valence-electron chi connectivity index (χ2n) is 6.27. The van der Waals surface area contributed by atoms with Gasteiger partial charge in [0.1, 0.15) is 0 Å². The van der Waals surface area contributed by atoms with Crippen molar-refractivity contribution in [1.29, 1.82) is 0 Å². The molecule has 0 aliphatic rings. The first-order valence-corrected chi connectivity index (χ1v) is 12.5. The van der Waals surface area contributed by atoms with Crippen molar-refractivity contribution in [3.05, 3.63) is 0 Å². The van der Waals surface area contributed by atoms with Crippen LogP contribution in [-0.2, 0) is 4.74 Å². The summed E-state index contributed by atoms with van der Waals surface area (Å²) in [6, 6.07) is 0. The Morgan fingerprint density at radius 1 is 0.714 bits per heavy atom. The monoisotopic (exact) mass is 422 g/mol. The van der Waals surface area contributed by atoms with Crippen LogP contribution in [0.25, 0.3) is 0 Å². The van der Waals surface area contributed by atoms with E-state index in [0.717, 1.165) is 17.9 Å². The molecule has 0 spiro atoms. The predicted molar refractivity (Wildman–Crippen MR) is 102 cm³/mol. The zero-order valence-corrected chi connectivity index (χ0v) is 19.3. The van der Waals surface area contributed by atoms with Gasteiger partial charge in [-0.05, 0) is 0 Å². The van der Waals surface area contributed by atoms with E-state index in [1.165, 1.54) is 88.7 Å². The molecule has 0 aliphatic carbocycles. The summed E-state index contributed by atoms with van der Waals surface area (Å²) in [5, 5.41) is 1.40. The first-order valence-electron chi connectivity index (χ1n) is 9.34. The molecule has 3 atom stereocenters. The molecule has 0 aromatic carbocycles. The van der Waals surface area contributed by atoms with E-state index in [2.05, 4.69) is 6.92 Å². The molecule has 0 aromatic rings.